The summed E-state index contributed by atoms with van der Waals surface area (Å²) in [6.45, 7) is 2.00. The first-order valence-electron chi connectivity index (χ1n) is 4.80. The maximum absolute atomic E-state index is 13.5. The molecule has 0 atom stereocenters. The van der Waals surface area contributed by atoms with Gasteiger partial charge in [-0.2, -0.15) is 0 Å². The van der Waals surface area contributed by atoms with Crippen molar-refractivity contribution in [2.75, 3.05) is 5.32 Å². The average Bonchev–Trinajstić information content (AvgIpc) is 2.25. The summed E-state index contributed by atoms with van der Waals surface area (Å²) in [4.78, 5) is 3.96. The van der Waals surface area contributed by atoms with Crippen molar-refractivity contribution in [3.05, 3.63) is 52.4 Å². The molecular weight excluding hydrogens is 271 g/mol. The highest BCUT2D eigenvalue weighted by Crippen LogP contribution is 2.20. The molecule has 0 unspecified atom stereocenters. The number of rotatable bonds is 2. The quantitative estimate of drug-likeness (QED) is 0.898. The Morgan fingerprint density at radius 2 is 1.94 bits per heavy atom. The fourth-order valence-electron chi connectivity index (χ4n) is 1.28. The molecule has 1 aromatic heterocycles. The largest absolute Gasteiger partial charge is 0.338 e. The molecule has 0 aliphatic rings. The van der Waals surface area contributed by atoms with E-state index in [-0.39, 0.29) is 11.6 Å². The second-order valence-corrected chi connectivity index (χ2v) is 4.39. The van der Waals surface area contributed by atoms with Crippen molar-refractivity contribution in [3.8, 4) is 0 Å². The fourth-order valence-corrected chi connectivity index (χ4v) is 1.58. The zero-order valence-electron chi connectivity index (χ0n) is 8.67. The molecule has 1 N–H and O–H groups in total. The zero-order valence-corrected chi connectivity index (χ0v) is 10.3. The van der Waals surface area contributed by atoms with E-state index in [1.807, 2.05) is 31.2 Å². The molecular formula is C12H10BrFN2. The summed E-state index contributed by atoms with van der Waals surface area (Å²) in [7, 11) is 0. The molecule has 2 nitrogen and oxygen atoms in total. The van der Waals surface area contributed by atoms with E-state index in [4.69, 9.17) is 0 Å². The Bertz CT molecular complexity index is 497. The molecule has 0 fully saturated rings. The van der Waals surface area contributed by atoms with E-state index in [1.54, 1.807) is 6.20 Å². The lowest BCUT2D eigenvalue weighted by atomic mass is 10.2. The van der Waals surface area contributed by atoms with Crippen LogP contribution in [-0.4, -0.2) is 4.98 Å². The monoisotopic (exact) mass is 280 g/mol. The predicted molar refractivity (Wildman–Crippen MR) is 66.4 cm³/mol. The maximum Gasteiger partial charge on any atom is 0.166 e. The Balaban J connectivity index is 2.23. The maximum atomic E-state index is 13.5. The van der Waals surface area contributed by atoms with E-state index in [0.717, 1.165) is 11.3 Å². The summed E-state index contributed by atoms with van der Waals surface area (Å²) >= 11 is 3.16. The lowest BCUT2D eigenvalue weighted by Crippen LogP contribution is -1.96. The lowest BCUT2D eigenvalue weighted by molar-refractivity contribution is 0.625. The van der Waals surface area contributed by atoms with Crippen molar-refractivity contribution in [2.45, 2.75) is 6.92 Å². The number of hydrogen-bond donors (Lipinski definition) is 1. The van der Waals surface area contributed by atoms with Gasteiger partial charge in [0.1, 0.15) is 0 Å². The standard InChI is InChI=1S/C12H10BrFN2/c1-8-2-4-10(5-3-8)16-12-11(14)6-9(13)7-15-12/h2-7H,1H3,(H,15,16). The highest BCUT2D eigenvalue weighted by molar-refractivity contribution is 9.10. The first kappa shape index (κ1) is 11.1. The van der Waals surface area contributed by atoms with Crippen LogP contribution in [0.15, 0.2) is 41.0 Å². The number of nitrogens with one attached hydrogen (secondary N) is 1. The van der Waals surface area contributed by atoms with Gasteiger partial charge >= 0.3 is 0 Å². The van der Waals surface area contributed by atoms with Crippen LogP contribution in [0.2, 0.25) is 0 Å². The molecule has 0 amide bonds. The van der Waals surface area contributed by atoms with Gasteiger partial charge in [0, 0.05) is 16.4 Å². The van der Waals surface area contributed by atoms with Gasteiger partial charge in [-0.3, -0.25) is 0 Å². The molecule has 1 aromatic carbocycles. The third-order valence-electron chi connectivity index (χ3n) is 2.12. The molecule has 0 spiro atoms. The van der Waals surface area contributed by atoms with Crippen molar-refractivity contribution in [2.24, 2.45) is 0 Å². The number of aryl methyl sites for hydroxylation is 1. The number of benzene rings is 1. The zero-order chi connectivity index (χ0) is 11.5. The van der Waals surface area contributed by atoms with Crippen LogP contribution in [0.25, 0.3) is 0 Å². The summed E-state index contributed by atoms with van der Waals surface area (Å²) in [5, 5.41) is 2.92. The van der Waals surface area contributed by atoms with Crippen molar-refractivity contribution < 1.29 is 4.39 Å². The Hall–Kier alpha value is -1.42. The minimum absolute atomic E-state index is 0.229. The van der Waals surface area contributed by atoms with Gasteiger partial charge in [0.15, 0.2) is 11.6 Å². The number of hydrogen-bond acceptors (Lipinski definition) is 2. The second-order valence-electron chi connectivity index (χ2n) is 3.47. The molecule has 82 valence electrons. The van der Waals surface area contributed by atoms with Crippen LogP contribution in [0.5, 0.6) is 0 Å². The normalized spacial score (nSPS) is 10.2. The number of anilines is 2. The highest BCUT2D eigenvalue weighted by atomic mass is 79.9. The summed E-state index contributed by atoms with van der Waals surface area (Å²) < 4.78 is 14.1. The molecule has 2 aromatic rings. The molecule has 2 rings (SSSR count). The van der Waals surface area contributed by atoms with E-state index >= 15 is 0 Å². The predicted octanol–water partition coefficient (Wildman–Crippen LogP) is 4.04. The molecule has 4 heteroatoms. The number of aromatic nitrogens is 1. The van der Waals surface area contributed by atoms with Gasteiger partial charge in [0.05, 0.1) is 0 Å². The first-order chi connectivity index (χ1) is 7.65. The second kappa shape index (κ2) is 4.61. The molecule has 0 saturated carbocycles. The van der Waals surface area contributed by atoms with Crippen molar-refractivity contribution >= 4 is 27.4 Å². The van der Waals surface area contributed by atoms with Crippen molar-refractivity contribution in [1.82, 2.24) is 4.98 Å². The van der Waals surface area contributed by atoms with E-state index in [2.05, 4.69) is 26.2 Å². The lowest BCUT2D eigenvalue weighted by Gasteiger charge is -2.06. The highest BCUT2D eigenvalue weighted by Gasteiger charge is 2.04. The summed E-state index contributed by atoms with van der Waals surface area (Å²) in [5.41, 5.74) is 1.98. The van der Waals surface area contributed by atoms with Crippen LogP contribution in [0.3, 0.4) is 0 Å². The summed E-state index contributed by atoms with van der Waals surface area (Å²) in [6, 6.07) is 9.07. The Morgan fingerprint density at radius 1 is 1.25 bits per heavy atom. The van der Waals surface area contributed by atoms with Crippen LogP contribution >= 0.6 is 15.9 Å². The van der Waals surface area contributed by atoms with Gasteiger partial charge in [-0.05, 0) is 41.1 Å². The third-order valence-corrected chi connectivity index (χ3v) is 2.56. The van der Waals surface area contributed by atoms with Gasteiger partial charge < -0.3 is 5.32 Å². The Labute approximate surface area is 102 Å². The first-order valence-corrected chi connectivity index (χ1v) is 5.59. The third kappa shape index (κ3) is 2.58. The molecule has 0 aliphatic carbocycles. The minimum Gasteiger partial charge on any atom is -0.338 e. The van der Waals surface area contributed by atoms with E-state index in [9.17, 15) is 4.39 Å². The van der Waals surface area contributed by atoms with E-state index in [1.165, 1.54) is 6.07 Å². The van der Waals surface area contributed by atoms with Crippen molar-refractivity contribution in [3.63, 3.8) is 0 Å². The molecule has 0 saturated heterocycles. The van der Waals surface area contributed by atoms with Gasteiger partial charge in [-0.15, -0.1) is 0 Å². The topological polar surface area (TPSA) is 24.9 Å². The van der Waals surface area contributed by atoms with Crippen LogP contribution in [-0.2, 0) is 0 Å². The van der Waals surface area contributed by atoms with E-state index in [0.29, 0.717) is 4.47 Å². The van der Waals surface area contributed by atoms with Crippen LogP contribution in [0, 0.1) is 12.7 Å². The van der Waals surface area contributed by atoms with Gasteiger partial charge in [-0.1, -0.05) is 17.7 Å². The molecule has 0 aliphatic heterocycles. The summed E-state index contributed by atoms with van der Waals surface area (Å²) in [6.07, 6.45) is 1.56. The smallest absolute Gasteiger partial charge is 0.166 e. The SMILES string of the molecule is Cc1ccc(Nc2ncc(Br)cc2F)cc1. The number of halogens is 2. The van der Waals surface area contributed by atoms with Crippen LogP contribution in [0.1, 0.15) is 5.56 Å². The minimum atomic E-state index is -0.380. The molecule has 0 radical (unpaired) electrons. The Morgan fingerprint density at radius 3 is 2.56 bits per heavy atom. The average molecular weight is 281 g/mol. The molecule has 1 heterocycles. The van der Waals surface area contributed by atoms with Crippen molar-refractivity contribution in [1.29, 1.82) is 0 Å². The molecule has 16 heavy (non-hydrogen) atoms. The Kier molecular flexibility index (Phi) is 3.19. The summed E-state index contributed by atoms with van der Waals surface area (Å²) in [5.74, 6) is -0.151. The number of nitrogens with zero attached hydrogens (tertiary/aromatic N) is 1. The van der Waals surface area contributed by atoms with Gasteiger partial charge in [-0.25, -0.2) is 9.37 Å². The van der Waals surface area contributed by atoms with Crippen LogP contribution in [0.4, 0.5) is 15.9 Å². The molecule has 0 bridgehead atoms. The van der Waals surface area contributed by atoms with Gasteiger partial charge in [0.2, 0.25) is 0 Å². The van der Waals surface area contributed by atoms with E-state index < -0.39 is 0 Å². The fraction of sp³-hybridized carbons (Fsp3) is 0.0833. The van der Waals surface area contributed by atoms with Gasteiger partial charge in [0.25, 0.3) is 0 Å². The number of pyridine rings is 1. The van der Waals surface area contributed by atoms with Crippen LogP contribution < -0.4 is 5.32 Å².